The molecule has 0 aromatic heterocycles. The molecule has 0 heterocycles. The molecule has 1 fully saturated rings. The molecule has 3 rings (SSSR count). The first kappa shape index (κ1) is 14.6. The van der Waals surface area contributed by atoms with Gasteiger partial charge in [-0.1, -0.05) is 37.5 Å². The van der Waals surface area contributed by atoms with Crippen molar-refractivity contribution < 1.29 is 9.90 Å². The van der Waals surface area contributed by atoms with E-state index in [2.05, 4.69) is 23.5 Å². The maximum Gasteiger partial charge on any atom is 0.224 e. The van der Waals surface area contributed by atoms with Crippen LogP contribution in [0.15, 0.2) is 18.2 Å². The summed E-state index contributed by atoms with van der Waals surface area (Å²) < 4.78 is 0. The highest BCUT2D eigenvalue weighted by molar-refractivity contribution is 5.78. The smallest absolute Gasteiger partial charge is 0.224 e. The molecule has 1 amide bonds. The van der Waals surface area contributed by atoms with Crippen LogP contribution in [0.3, 0.4) is 0 Å². The first-order valence-electron chi connectivity index (χ1n) is 8.24. The quantitative estimate of drug-likeness (QED) is 0.894. The van der Waals surface area contributed by atoms with Gasteiger partial charge in [0.05, 0.1) is 12.0 Å². The minimum absolute atomic E-state index is 0.0203. The molecule has 0 aliphatic heterocycles. The number of fused-ring (bicyclic) bond motifs is 1. The van der Waals surface area contributed by atoms with Crippen molar-refractivity contribution in [3.05, 3.63) is 34.9 Å². The molecule has 2 aliphatic carbocycles. The molecule has 3 nitrogen and oxygen atoms in total. The lowest BCUT2D eigenvalue weighted by Crippen LogP contribution is -2.44. The minimum Gasteiger partial charge on any atom is -0.388 e. The lowest BCUT2D eigenvalue weighted by Gasteiger charge is -2.32. The molecule has 2 N–H and O–H groups in total. The highest BCUT2D eigenvalue weighted by Crippen LogP contribution is 2.27. The number of amides is 1. The Kier molecular flexibility index (Phi) is 4.29. The van der Waals surface area contributed by atoms with Gasteiger partial charge in [-0.3, -0.25) is 4.79 Å². The Balaban J connectivity index is 1.52. The Hall–Kier alpha value is -1.35. The van der Waals surface area contributed by atoms with Gasteiger partial charge in [-0.15, -0.1) is 0 Å². The molecule has 0 atom stereocenters. The number of hydrogen-bond acceptors (Lipinski definition) is 2. The Morgan fingerprint density at radius 2 is 1.86 bits per heavy atom. The number of carbonyl (C=O) groups excluding carboxylic acids is 1. The predicted molar refractivity (Wildman–Crippen MR) is 83.2 cm³/mol. The maximum absolute atomic E-state index is 12.1. The zero-order valence-electron chi connectivity index (χ0n) is 12.7. The van der Waals surface area contributed by atoms with Crippen LogP contribution >= 0.6 is 0 Å². The lowest BCUT2D eigenvalue weighted by molar-refractivity contribution is -0.122. The molecule has 0 radical (unpaired) electrons. The van der Waals surface area contributed by atoms with Crippen molar-refractivity contribution in [2.24, 2.45) is 0 Å². The number of aryl methyl sites for hydroxylation is 2. The Bertz CT molecular complexity index is 518. The van der Waals surface area contributed by atoms with E-state index < -0.39 is 5.60 Å². The summed E-state index contributed by atoms with van der Waals surface area (Å²) in [5.74, 6) is 0.0203. The van der Waals surface area contributed by atoms with E-state index in [9.17, 15) is 9.90 Å². The molecule has 1 aromatic carbocycles. The van der Waals surface area contributed by atoms with E-state index in [1.165, 1.54) is 30.4 Å². The van der Waals surface area contributed by atoms with Gasteiger partial charge in [0.25, 0.3) is 0 Å². The highest BCUT2D eigenvalue weighted by Gasteiger charge is 2.29. The number of nitrogens with one attached hydrogen (secondary N) is 1. The average Bonchev–Trinajstić information content (AvgIpc) is 2.94. The molecule has 1 aromatic rings. The van der Waals surface area contributed by atoms with Gasteiger partial charge in [-0.05, 0) is 48.8 Å². The minimum atomic E-state index is -0.675. The Morgan fingerprint density at radius 3 is 2.67 bits per heavy atom. The summed E-state index contributed by atoms with van der Waals surface area (Å²) in [7, 11) is 0. The number of benzene rings is 1. The number of rotatable bonds is 4. The standard InChI is InChI=1S/C18H25NO2/c20-17(19-13-18(21)9-2-1-3-10-18)12-14-7-8-15-5-4-6-16(15)11-14/h7-8,11,21H,1-6,9-10,12-13H2,(H,19,20). The van der Waals surface area contributed by atoms with E-state index >= 15 is 0 Å². The van der Waals surface area contributed by atoms with Crippen LogP contribution in [0.1, 0.15) is 55.2 Å². The van der Waals surface area contributed by atoms with E-state index in [1.54, 1.807) is 0 Å². The largest absolute Gasteiger partial charge is 0.388 e. The first-order chi connectivity index (χ1) is 10.1. The monoisotopic (exact) mass is 287 g/mol. The highest BCUT2D eigenvalue weighted by atomic mass is 16.3. The third kappa shape index (κ3) is 3.65. The van der Waals surface area contributed by atoms with Gasteiger partial charge in [-0.2, -0.15) is 0 Å². The summed E-state index contributed by atoms with van der Waals surface area (Å²) in [6, 6.07) is 6.41. The van der Waals surface area contributed by atoms with Gasteiger partial charge < -0.3 is 10.4 Å². The van der Waals surface area contributed by atoms with Crippen LogP contribution in [-0.2, 0) is 24.1 Å². The second kappa shape index (κ2) is 6.18. The van der Waals surface area contributed by atoms with Crippen LogP contribution < -0.4 is 5.32 Å². The molecule has 114 valence electrons. The van der Waals surface area contributed by atoms with Crippen molar-refractivity contribution in [3.8, 4) is 0 Å². The van der Waals surface area contributed by atoms with E-state index in [0.29, 0.717) is 13.0 Å². The van der Waals surface area contributed by atoms with Gasteiger partial charge in [0.15, 0.2) is 0 Å². The van der Waals surface area contributed by atoms with E-state index in [-0.39, 0.29) is 5.91 Å². The first-order valence-corrected chi connectivity index (χ1v) is 8.24. The van der Waals surface area contributed by atoms with E-state index in [4.69, 9.17) is 0 Å². The summed E-state index contributed by atoms with van der Waals surface area (Å²) in [4.78, 5) is 12.1. The molecule has 0 saturated heterocycles. The van der Waals surface area contributed by atoms with Crippen molar-refractivity contribution in [1.82, 2.24) is 5.32 Å². The van der Waals surface area contributed by atoms with Gasteiger partial charge in [0.1, 0.15) is 0 Å². The molecule has 2 aliphatic rings. The van der Waals surface area contributed by atoms with Crippen molar-refractivity contribution >= 4 is 5.91 Å². The lowest BCUT2D eigenvalue weighted by atomic mass is 9.85. The number of aliphatic hydroxyl groups is 1. The Labute approximate surface area is 126 Å². The van der Waals surface area contributed by atoms with E-state index in [0.717, 1.165) is 37.7 Å². The average molecular weight is 287 g/mol. The van der Waals surface area contributed by atoms with Crippen molar-refractivity contribution in [1.29, 1.82) is 0 Å². The molecule has 0 bridgehead atoms. The fraction of sp³-hybridized carbons (Fsp3) is 0.611. The van der Waals surface area contributed by atoms with Crippen molar-refractivity contribution in [2.45, 2.75) is 63.4 Å². The molecule has 3 heteroatoms. The fourth-order valence-corrected chi connectivity index (χ4v) is 3.63. The predicted octanol–water partition coefficient (Wildman–Crippen LogP) is 2.53. The number of hydrogen-bond donors (Lipinski definition) is 2. The molecule has 21 heavy (non-hydrogen) atoms. The van der Waals surface area contributed by atoms with Crippen LogP contribution in [-0.4, -0.2) is 23.2 Å². The second-order valence-corrected chi connectivity index (χ2v) is 6.70. The third-order valence-corrected chi connectivity index (χ3v) is 4.93. The van der Waals surface area contributed by atoms with Gasteiger partial charge in [-0.25, -0.2) is 0 Å². The van der Waals surface area contributed by atoms with Crippen LogP contribution in [0, 0.1) is 0 Å². The second-order valence-electron chi connectivity index (χ2n) is 6.70. The molecular weight excluding hydrogens is 262 g/mol. The van der Waals surface area contributed by atoms with E-state index in [1.807, 2.05) is 0 Å². The van der Waals surface area contributed by atoms with Crippen molar-refractivity contribution in [3.63, 3.8) is 0 Å². The third-order valence-electron chi connectivity index (χ3n) is 4.93. The molecular formula is C18H25NO2. The summed E-state index contributed by atoms with van der Waals surface area (Å²) in [5.41, 5.74) is 3.26. The SMILES string of the molecule is O=C(Cc1ccc2c(c1)CCC2)NCC1(O)CCCCC1. The molecule has 0 unspecified atom stereocenters. The zero-order valence-corrected chi connectivity index (χ0v) is 12.7. The maximum atomic E-state index is 12.1. The van der Waals surface area contributed by atoms with Crippen molar-refractivity contribution in [2.75, 3.05) is 6.54 Å². The van der Waals surface area contributed by atoms with Crippen LogP contribution in [0.2, 0.25) is 0 Å². The fourth-order valence-electron chi connectivity index (χ4n) is 3.63. The van der Waals surface area contributed by atoms with Crippen LogP contribution in [0.4, 0.5) is 0 Å². The summed E-state index contributed by atoms with van der Waals surface area (Å²) in [5, 5.41) is 13.3. The van der Waals surface area contributed by atoms with Gasteiger partial charge >= 0.3 is 0 Å². The number of carbonyl (C=O) groups is 1. The Morgan fingerprint density at radius 1 is 1.10 bits per heavy atom. The normalized spacial score (nSPS) is 20.0. The topological polar surface area (TPSA) is 49.3 Å². The van der Waals surface area contributed by atoms with Crippen LogP contribution in [0.25, 0.3) is 0 Å². The van der Waals surface area contributed by atoms with Gasteiger partial charge in [0.2, 0.25) is 5.91 Å². The summed E-state index contributed by atoms with van der Waals surface area (Å²) >= 11 is 0. The van der Waals surface area contributed by atoms with Gasteiger partial charge in [0, 0.05) is 6.54 Å². The molecule has 0 spiro atoms. The summed E-state index contributed by atoms with van der Waals surface area (Å²) in [6.07, 6.45) is 8.93. The van der Waals surface area contributed by atoms with Crippen LogP contribution in [0.5, 0.6) is 0 Å². The molecule has 1 saturated carbocycles. The summed E-state index contributed by atoms with van der Waals surface area (Å²) in [6.45, 7) is 0.400. The zero-order chi connectivity index (χ0) is 14.7.